The van der Waals surface area contributed by atoms with Gasteiger partial charge in [-0.1, -0.05) is 12.1 Å². The number of benzene rings is 1. The number of guanidine groups is 1. The molecule has 0 radical (unpaired) electrons. The number of ether oxygens (including phenoxy) is 2. The molecular weight excluding hydrogens is 405 g/mol. The number of aliphatic imine (C=N–C) groups is 1. The first-order valence-electron chi connectivity index (χ1n) is 7.73. The van der Waals surface area contributed by atoms with Crippen molar-refractivity contribution in [1.29, 1.82) is 0 Å². The van der Waals surface area contributed by atoms with Gasteiger partial charge in [-0.2, -0.15) is 0 Å². The number of nitrogens with zero attached hydrogens (tertiary/aromatic N) is 1. The van der Waals surface area contributed by atoms with Crippen LogP contribution in [0.5, 0.6) is 5.75 Å². The molecule has 0 bridgehead atoms. The maximum Gasteiger partial charge on any atom is 0.191 e. The van der Waals surface area contributed by atoms with E-state index in [-0.39, 0.29) is 29.6 Å². The Morgan fingerprint density at radius 1 is 1.26 bits per heavy atom. The molecule has 0 saturated carbocycles. The first kappa shape index (κ1) is 22.0. The zero-order chi connectivity index (χ0) is 16.4. The highest BCUT2D eigenvalue weighted by molar-refractivity contribution is 14.0. The van der Waals surface area contributed by atoms with Crippen molar-refractivity contribution < 1.29 is 9.47 Å². The molecular formula is C17H30IN3O2. The van der Waals surface area contributed by atoms with Crippen molar-refractivity contribution in [2.75, 3.05) is 33.4 Å². The van der Waals surface area contributed by atoms with E-state index in [1.54, 1.807) is 7.11 Å². The lowest BCUT2D eigenvalue weighted by Gasteiger charge is -2.21. The Labute approximate surface area is 157 Å². The minimum absolute atomic E-state index is 0. The van der Waals surface area contributed by atoms with E-state index < -0.39 is 0 Å². The Morgan fingerprint density at radius 3 is 2.61 bits per heavy atom. The minimum atomic E-state index is -0.263. The largest absolute Gasteiger partial charge is 0.492 e. The summed E-state index contributed by atoms with van der Waals surface area (Å²) in [6.07, 6.45) is 0. The summed E-state index contributed by atoms with van der Waals surface area (Å²) in [5.41, 5.74) is 0.933. The van der Waals surface area contributed by atoms with E-state index in [2.05, 4.69) is 28.6 Å². The first-order valence-corrected chi connectivity index (χ1v) is 7.73. The molecule has 0 spiro atoms. The van der Waals surface area contributed by atoms with Crippen LogP contribution in [-0.2, 0) is 4.74 Å². The van der Waals surface area contributed by atoms with Crippen molar-refractivity contribution in [3.63, 3.8) is 0 Å². The second kappa shape index (κ2) is 11.5. The molecule has 6 heteroatoms. The molecule has 0 saturated heterocycles. The maximum absolute atomic E-state index is 5.71. The number of halogens is 1. The summed E-state index contributed by atoms with van der Waals surface area (Å²) >= 11 is 0. The van der Waals surface area contributed by atoms with Gasteiger partial charge in [-0.15, -0.1) is 24.0 Å². The summed E-state index contributed by atoms with van der Waals surface area (Å²) in [5.74, 6) is 1.67. The topological polar surface area (TPSA) is 54.9 Å². The fourth-order valence-electron chi connectivity index (χ4n) is 1.72. The molecule has 132 valence electrons. The van der Waals surface area contributed by atoms with E-state index >= 15 is 0 Å². The van der Waals surface area contributed by atoms with Gasteiger partial charge in [0.1, 0.15) is 12.4 Å². The fourth-order valence-corrected chi connectivity index (χ4v) is 1.72. The molecule has 0 fully saturated rings. The van der Waals surface area contributed by atoms with Gasteiger partial charge in [0.05, 0.1) is 18.7 Å². The van der Waals surface area contributed by atoms with Gasteiger partial charge in [0.2, 0.25) is 0 Å². The Hall–Kier alpha value is -1.02. The van der Waals surface area contributed by atoms with E-state index in [1.165, 1.54) is 5.56 Å². The van der Waals surface area contributed by atoms with Gasteiger partial charge in [-0.05, 0) is 45.4 Å². The van der Waals surface area contributed by atoms with Gasteiger partial charge in [0, 0.05) is 13.7 Å². The molecule has 0 aliphatic carbocycles. The lowest BCUT2D eigenvalue weighted by atomic mass is 10.1. The first-order chi connectivity index (χ1) is 10.5. The predicted molar refractivity (Wildman–Crippen MR) is 107 cm³/mol. The van der Waals surface area contributed by atoms with Crippen molar-refractivity contribution in [1.82, 2.24) is 10.6 Å². The molecule has 2 N–H and O–H groups in total. The third-order valence-corrected chi connectivity index (χ3v) is 3.17. The molecule has 1 aromatic carbocycles. The summed E-state index contributed by atoms with van der Waals surface area (Å²) in [4.78, 5) is 4.53. The van der Waals surface area contributed by atoms with Crippen LogP contribution in [0.2, 0.25) is 0 Å². The van der Waals surface area contributed by atoms with Crippen LogP contribution in [0.25, 0.3) is 0 Å². The van der Waals surface area contributed by atoms with Crippen LogP contribution in [0, 0.1) is 6.92 Å². The number of nitrogens with one attached hydrogen (secondary N) is 2. The Balaban J connectivity index is 0.00000484. The molecule has 1 rings (SSSR count). The maximum atomic E-state index is 5.71. The third kappa shape index (κ3) is 9.65. The summed E-state index contributed by atoms with van der Waals surface area (Å²) < 4.78 is 11.1. The number of hydrogen-bond donors (Lipinski definition) is 2. The van der Waals surface area contributed by atoms with Crippen LogP contribution in [0.4, 0.5) is 0 Å². The van der Waals surface area contributed by atoms with Crippen LogP contribution >= 0.6 is 24.0 Å². The van der Waals surface area contributed by atoms with Gasteiger partial charge in [-0.25, -0.2) is 0 Å². The molecule has 0 unspecified atom stereocenters. The molecule has 0 aliphatic heterocycles. The molecule has 5 nitrogen and oxygen atoms in total. The normalized spacial score (nSPS) is 11.6. The van der Waals surface area contributed by atoms with Crippen molar-refractivity contribution >= 4 is 29.9 Å². The summed E-state index contributed by atoms with van der Waals surface area (Å²) in [6, 6.07) is 8.04. The minimum Gasteiger partial charge on any atom is -0.492 e. The highest BCUT2D eigenvalue weighted by Crippen LogP contribution is 2.11. The lowest BCUT2D eigenvalue weighted by Crippen LogP contribution is -2.40. The van der Waals surface area contributed by atoms with Crippen LogP contribution in [0.1, 0.15) is 26.3 Å². The summed E-state index contributed by atoms with van der Waals surface area (Å²) in [6.45, 7) is 10.8. The second-order valence-electron chi connectivity index (χ2n) is 5.75. The molecule has 0 amide bonds. The molecule has 0 heterocycles. The third-order valence-electron chi connectivity index (χ3n) is 3.17. The van der Waals surface area contributed by atoms with Gasteiger partial charge in [-0.3, -0.25) is 4.99 Å². The summed E-state index contributed by atoms with van der Waals surface area (Å²) in [5, 5.41) is 6.48. The monoisotopic (exact) mass is 435 g/mol. The second-order valence-corrected chi connectivity index (χ2v) is 5.75. The van der Waals surface area contributed by atoms with Crippen LogP contribution in [0.3, 0.4) is 0 Å². The number of rotatable bonds is 8. The highest BCUT2D eigenvalue weighted by Gasteiger charge is 2.15. The van der Waals surface area contributed by atoms with E-state index in [0.717, 1.165) is 18.3 Å². The number of aryl methyl sites for hydroxylation is 1. The molecule has 0 atom stereocenters. The fraction of sp³-hybridized carbons (Fsp3) is 0.588. The smallest absolute Gasteiger partial charge is 0.191 e. The van der Waals surface area contributed by atoms with E-state index in [9.17, 15) is 0 Å². The molecule has 1 aromatic rings. The van der Waals surface area contributed by atoms with Gasteiger partial charge < -0.3 is 20.1 Å². The van der Waals surface area contributed by atoms with Crippen molar-refractivity contribution in [3.8, 4) is 5.75 Å². The van der Waals surface area contributed by atoms with Gasteiger partial charge >= 0.3 is 0 Å². The average Bonchev–Trinajstić information content (AvgIpc) is 2.49. The van der Waals surface area contributed by atoms with Gasteiger partial charge in [0.25, 0.3) is 0 Å². The van der Waals surface area contributed by atoms with Crippen molar-refractivity contribution in [2.24, 2.45) is 4.99 Å². The number of methoxy groups -OCH3 is 1. The number of hydrogen-bond acceptors (Lipinski definition) is 3. The molecule has 23 heavy (non-hydrogen) atoms. The van der Waals surface area contributed by atoms with Crippen LogP contribution < -0.4 is 15.4 Å². The average molecular weight is 435 g/mol. The van der Waals surface area contributed by atoms with E-state index in [1.807, 2.05) is 39.0 Å². The zero-order valence-corrected chi connectivity index (χ0v) is 17.1. The van der Waals surface area contributed by atoms with Crippen molar-refractivity contribution in [2.45, 2.75) is 33.3 Å². The predicted octanol–water partition coefficient (Wildman–Crippen LogP) is 2.97. The Kier molecular flexibility index (Phi) is 11.0. The summed E-state index contributed by atoms with van der Waals surface area (Å²) in [7, 11) is 1.70. The lowest BCUT2D eigenvalue weighted by molar-refractivity contribution is 0.0310. The highest BCUT2D eigenvalue weighted by atomic mass is 127. The van der Waals surface area contributed by atoms with E-state index in [0.29, 0.717) is 19.7 Å². The molecule has 0 aromatic heterocycles. The quantitative estimate of drug-likeness (QED) is 0.285. The van der Waals surface area contributed by atoms with Crippen LogP contribution in [0.15, 0.2) is 29.3 Å². The molecule has 0 aliphatic rings. The Morgan fingerprint density at radius 2 is 2.00 bits per heavy atom. The zero-order valence-electron chi connectivity index (χ0n) is 14.8. The van der Waals surface area contributed by atoms with E-state index in [4.69, 9.17) is 9.47 Å². The van der Waals surface area contributed by atoms with Gasteiger partial charge in [0.15, 0.2) is 5.96 Å². The standard InChI is InChI=1S/C17H29N3O2.HI/c1-6-18-16(20-13-17(3,4)21-5)19-10-11-22-15-9-7-8-14(2)12-15;/h7-9,12H,6,10-11,13H2,1-5H3,(H2,18,19,20);1H. The van der Waals surface area contributed by atoms with Crippen molar-refractivity contribution in [3.05, 3.63) is 29.8 Å². The SMILES string of the molecule is CCNC(=NCC(C)(C)OC)NCCOc1cccc(C)c1.I. The Bertz CT molecular complexity index is 479. The van der Waals surface area contributed by atoms with Crippen LogP contribution in [-0.4, -0.2) is 44.9 Å².